The van der Waals surface area contributed by atoms with Gasteiger partial charge in [0.1, 0.15) is 5.56 Å². The Morgan fingerprint density at radius 3 is 2.62 bits per heavy atom. The van der Waals surface area contributed by atoms with Gasteiger partial charge in [0, 0.05) is 29.5 Å². The Labute approximate surface area is 181 Å². The van der Waals surface area contributed by atoms with Crippen LogP contribution in [0.1, 0.15) is 28.9 Å². The smallest absolute Gasteiger partial charge is 0.349 e. The number of non-ortho nitro benzene ring substituents is 1. The van der Waals surface area contributed by atoms with E-state index in [9.17, 15) is 19.7 Å². The maximum absolute atomic E-state index is 12.8. The molecule has 0 saturated heterocycles. The number of ether oxygens (including phenoxy) is 1. The van der Waals surface area contributed by atoms with Crippen LogP contribution in [-0.4, -0.2) is 27.5 Å². The first kappa shape index (κ1) is 20.8. The van der Waals surface area contributed by atoms with Crippen molar-refractivity contribution in [3.63, 3.8) is 0 Å². The minimum Gasteiger partial charge on any atom is -0.493 e. The molecule has 0 bridgehead atoms. The number of nitro groups is 1. The summed E-state index contributed by atoms with van der Waals surface area (Å²) in [5, 5.41) is 14.1. The minimum absolute atomic E-state index is 0.0304. The number of carbonyl (C=O) groups excluding carboxylic acids is 1. The zero-order valence-electron chi connectivity index (χ0n) is 17.1. The van der Waals surface area contributed by atoms with Crippen LogP contribution in [-0.2, 0) is 0 Å². The first-order valence-corrected chi connectivity index (χ1v) is 9.57. The van der Waals surface area contributed by atoms with E-state index in [0.717, 1.165) is 17.3 Å². The van der Waals surface area contributed by atoms with Gasteiger partial charge in [-0.25, -0.2) is 9.78 Å². The number of amides is 1. The van der Waals surface area contributed by atoms with Crippen molar-refractivity contribution in [2.45, 2.75) is 13.0 Å². The fraction of sp³-hybridized carbons (Fsp3) is 0.136. The number of hydrogen-bond donors (Lipinski definition) is 1. The molecule has 10 nitrogen and oxygen atoms in total. The van der Waals surface area contributed by atoms with Gasteiger partial charge in [0.25, 0.3) is 11.6 Å². The highest BCUT2D eigenvalue weighted by Crippen LogP contribution is 2.30. The first-order valence-electron chi connectivity index (χ1n) is 9.57. The van der Waals surface area contributed by atoms with Gasteiger partial charge in [0.2, 0.25) is 0 Å². The Balaban J connectivity index is 1.61. The number of fused-ring (bicyclic) bond motifs is 1. The maximum Gasteiger partial charge on any atom is 0.349 e. The number of carbonyl (C=O) groups is 1. The summed E-state index contributed by atoms with van der Waals surface area (Å²) in [6.45, 7) is 1.78. The number of nitrogens with one attached hydrogen (secondary N) is 1. The summed E-state index contributed by atoms with van der Waals surface area (Å²) in [6, 6.07) is 10.7. The molecule has 4 aromatic rings. The average molecular weight is 434 g/mol. The topological polar surface area (TPSA) is 130 Å². The van der Waals surface area contributed by atoms with Crippen molar-refractivity contribution in [1.82, 2.24) is 14.9 Å². The van der Waals surface area contributed by atoms with Crippen LogP contribution in [0.15, 0.2) is 70.4 Å². The monoisotopic (exact) mass is 434 g/mol. The van der Waals surface area contributed by atoms with Crippen molar-refractivity contribution in [1.29, 1.82) is 0 Å². The minimum atomic E-state index is -0.871. The van der Waals surface area contributed by atoms with Crippen LogP contribution in [0, 0.1) is 10.1 Å². The summed E-state index contributed by atoms with van der Waals surface area (Å²) in [4.78, 5) is 39.8. The van der Waals surface area contributed by atoms with Crippen molar-refractivity contribution < 1.29 is 18.9 Å². The number of rotatable bonds is 6. The van der Waals surface area contributed by atoms with E-state index in [0.29, 0.717) is 0 Å². The highest BCUT2D eigenvalue weighted by atomic mass is 16.6. The molecule has 0 aliphatic rings. The second kappa shape index (κ2) is 8.34. The maximum atomic E-state index is 12.8. The van der Waals surface area contributed by atoms with Crippen molar-refractivity contribution >= 4 is 22.6 Å². The third kappa shape index (κ3) is 3.93. The van der Waals surface area contributed by atoms with E-state index < -0.39 is 22.5 Å². The molecule has 0 saturated carbocycles. The van der Waals surface area contributed by atoms with E-state index in [4.69, 9.17) is 9.15 Å². The highest BCUT2D eigenvalue weighted by molar-refractivity contribution is 5.98. The molecule has 0 aliphatic heterocycles. The number of hydrogen-bond acceptors (Lipinski definition) is 7. The molecule has 1 N–H and O–H groups in total. The Bertz CT molecular complexity index is 1360. The normalized spacial score (nSPS) is 11.8. The Morgan fingerprint density at radius 2 is 2.00 bits per heavy atom. The number of imidazole rings is 1. The van der Waals surface area contributed by atoms with Gasteiger partial charge < -0.3 is 19.0 Å². The first-order chi connectivity index (χ1) is 15.4. The van der Waals surface area contributed by atoms with Gasteiger partial charge in [-0.3, -0.25) is 14.9 Å². The molecule has 4 rings (SSSR count). The van der Waals surface area contributed by atoms with Crippen LogP contribution in [0.3, 0.4) is 0 Å². The molecule has 1 atom stereocenters. The van der Waals surface area contributed by atoms with Crippen molar-refractivity contribution in [2.75, 3.05) is 7.11 Å². The molecule has 2 aromatic heterocycles. The predicted molar refractivity (Wildman–Crippen MR) is 115 cm³/mol. The molecule has 0 unspecified atom stereocenters. The van der Waals surface area contributed by atoms with Crippen LogP contribution in [0.4, 0.5) is 5.69 Å². The van der Waals surface area contributed by atoms with Crippen molar-refractivity contribution in [2.24, 2.45) is 0 Å². The lowest BCUT2D eigenvalue weighted by molar-refractivity contribution is -0.384. The van der Waals surface area contributed by atoms with E-state index in [2.05, 4.69) is 10.3 Å². The number of benzene rings is 2. The predicted octanol–water partition coefficient (Wildman–Crippen LogP) is 3.39. The molecule has 0 spiro atoms. The van der Waals surface area contributed by atoms with Gasteiger partial charge in [-0.1, -0.05) is 12.1 Å². The molecule has 0 aliphatic carbocycles. The van der Waals surface area contributed by atoms with E-state index >= 15 is 0 Å². The second-order valence-electron chi connectivity index (χ2n) is 7.03. The zero-order chi connectivity index (χ0) is 22.8. The third-order valence-electron chi connectivity index (χ3n) is 5.00. The number of nitrogens with zero attached hydrogens (tertiary/aromatic N) is 3. The van der Waals surface area contributed by atoms with Crippen LogP contribution in [0.5, 0.6) is 5.75 Å². The molecular formula is C22H18N4O6. The number of aromatic nitrogens is 2. The molecule has 1 amide bonds. The van der Waals surface area contributed by atoms with Crippen molar-refractivity contribution in [3.8, 4) is 11.4 Å². The number of nitro benzene ring substituents is 1. The Kier molecular flexibility index (Phi) is 5.42. The van der Waals surface area contributed by atoms with Gasteiger partial charge in [0.15, 0.2) is 11.3 Å². The molecule has 32 heavy (non-hydrogen) atoms. The second-order valence-corrected chi connectivity index (χ2v) is 7.03. The summed E-state index contributed by atoms with van der Waals surface area (Å²) in [5.74, 6) is -0.623. The van der Waals surface area contributed by atoms with Gasteiger partial charge in [-0.05, 0) is 30.7 Å². The molecule has 162 valence electrons. The molecule has 0 fully saturated rings. The summed E-state index contributed by atoms with van der Waals surface area (Å²) >= 11 is 0. The molecule has 0 radical (unpaired) electrons. The molecular weight excluding hydrogens is 416 g/mol. The molecule has 2 heterocycles. The summed E-state index contributed by atoms with van der Waals surface area (Å²) in [6.07, 6.45) is 5.17. The van der Waals surface area contributed by atoms with Crippen molar-refractivity contribution in [3.05, 3.63) is 92.8 Å². The summed E-state index contributed by atoms with van der Waals surface area (Å²) in [5.41, 5.74) is 0.385. The Hall–Kier alpha value is -4.47. The highest BCUT2D eigenvalue weighted by Gasteiger charge is 2.20. The van der Waals surface area contributed by atoms with Crippen LogP contribution in [0.25, 0.3) is 16.7 Å². The SMILES string of the molecule is COc1cc([N+](=O)[O-])cc2cc(C(=O)N[C@@H](C)c3ccc(-n4ccnc4)cc3)c(=O)oc12. The lowest BCUT2D eigenvalue weighted by atomic mass is 10.1. The quantitative estimate of drug-likeness (QED) is 0.280. The third-order valence-corrected chi connectivity index (χ3v) is 5.00. The lowest BCUT2D eigenvalue weighted by Crippen LogP contribution is -2.30. The summed E-state index contributed by atoms with van der Waals surface area (Å²) in [7, 11) is 1.30. The van der Waals surface area contributed by atoms with Crippen LogP contribution < -0.4 is 15.7 Å². The van der Waals surface area contributed by atoms with Gasteiger partial charge in [0.05, 0.1) is 30.5 Å². The fourth-order valence-electron chi connectivity index (χ4n) is 3.31. The van der Waals surface area contributed by atoms with Gasteiger partial charge >= 0.3 is 5.63 Å². The fourth-order valence-corrected chi connectivity index (χ4v) is 3.31. The van der Waals surface area contributed by atoms with Gasteiger partial charge in [-0.2, -0.15) is 0 Å². The zero-order valence-corrected chi connectivity index (χ0v) is 17.1. The van der Waals surface area contributed by atoms with E-state index in [-0.39, 0.29) is 28.0 Å². The summed E-state index contributed by atoms with van der Waals surface area (Å²) < 4.78 is 12.2. The number of methoxy groups -OCH3 is 1. The lowest BCUT2D eigenvalue weighted by Gasteiger charge is -2.15. The van der Waals surface area contributed by atoms with Crippen LogP contribution >= 0.6 is 0 Å². The van der Waals surface area contributed by atoms with E-state index in [1.165, 1.54) is 19.2 Å². The molecule has 10 heteroatoms. The Morgan fingerprint density at radius 1 is 1.25 bits per heavy atom. The standard InChI is InChI=1S/C22H18N4O6/c1-13(14-3-5-16(6-4-14)25-8-7-23-12-25)24-21(27)18-10-15-9-17(26(29)30)11-19(31-2)20(15)32-22(18)28/h3-13H,1-2H3,(H,24,27)/t13-/m0/s1. The van der Waals surface area contributed by atoms with E-state index in [1.54, 1.807) is 19.4 Å². The van der Waals surface area contributed by atoms with Crippen LogP contribution in [0.2, 0.25) is 0 Å². The van der Waals surface area contributed by atoms with Gasteiger partial charge in [-0.15, -0.1) is 0 Å². The van der Waals surface area contributed by atoms with E-state index in [1.807, 2.05) is 35.0 Å². The molecule has 2 aromatic carbocycles. The average Bonchev–Trinajstić information content (AvgIpc) is 3.33. The largest absolute Gasteiger partial charge is 0.493 e.